The van der Waals surface area contributed by atoms with Gasteiger partial charge in [-0.05, 0) is 23.6 Å². The Kier molecular flexibility index (Phi) is 7.84. The van der Waals surface area contributed by atoms with Gasteiger partial charge < -0.3 is 9.47 Å². The molecule has 12 heteroatoms. The Bertz CT molecular complexity index is 1380. The van der Waals surface area contributed by atoms with Gasteiger partial charge in [0.25, 0.3) is 0 Å². The van der Waals surface area contributed by atoms with Crippen LogP contribution in [-0.2, 0) is 28.9 Å². The van der Waals surface area contributed by atoms with Crippen LogP contribution in [-0.4, -0.2) is 56.8 Å². The Morgan fingerprint density at radius 3 is 2.13 bits per heavy atom. The lowest BCUT2D eigenvalue weighted by molar-refractivity contribution is -0.120. The number of fused-ring (bicyclic) bond motifs is 2. The number of carbonyl (C=O) groups is 2. The van der Waals surface area contributed by atoms with Crippen LogP contribution in [0.2, 0.25) is 0 Å². The number of thioether (sulfide) groups is 1. The van der Waals surface area contributed by atoms with Crippen LogP contribution in [0.5, 0.6) is 11.5 Å². The van der Waals surface area contributed by atoms with E-state index in [0.29, 0.717) is 18.3 Å². The van der Waals surface area contributed by atoms with Gasteiger partial charge in [0.2, 0.25) is 11.0 Å². The Morgan fingerprint density at radius 2 is 1.38 bits per heavy atom. The van der Waals surface area contributed by atoms with Crippen LogP contribution in [0.3, 0.4) is 0 Å². The van der Waals surface area contributed by atoms with Crippen molar-refractivity contribution >= 4 is 51.3 Å². The van der Waals surface area contributed by atoms with Crippen molar-refractivity contribution in [1.29, 1.82) is 0 Å². The van der Waals surface area contributed by atoms with Crippen LogP contribution in [0.15, 0.2) is 48.5 Å². The molecule has 2 aliphatic rings. The van der Waals surface area contributed by atoms with E-state index in [9.17, 15) is 9.59 Å². The summed E-state index contributed by atoms with van der Waals surface area (Å²) in [4.78, 5) is 25.5. The number of carbonyl (C=O) groups excluding carboxylic acids is 2. The summed E-state index contributed by atoms with van der Waals surface area (Å²) in [5.41, 5.74) is 1.86. The number of nitrogens with zero attached hydrogens (tertiary/aromatic N) is 4. The summed E-state index contributed by atoms with van der Waals surface area (Å²) in [5.74, 6) is 2.76. The maximum Gasteiger partial charge on any atom is 0.237 e. The predicted molar refractivity (Wildman–Crippen MR) is 151 cm³/mol. The molecule has 0 spiro atoms. The highest BCUT2D eigenvalue weighted by molar-refractivity contribution is 7.99. The summed E-state index contributed by atoms with van der Waals surface area (Å²) in [6, 6.07) is 15.3. The molecule has 39 heavy (non-hydrogen) atoms. The molecule has 6 rings (SSSR count). The number of Topliss-reactive ketones (excluding diaryl/α,β-unsaturated/α-hetero) is 1. The molecule has 4 heterocycles. The van der Waals surface area contributed by atoms with Gasteiger partial charge in [-0.25, -0.2) is 0 Å². The van der Waals surface area contributed by atoms with Gasteiger partial charge in [0.15, 0.2) is 5.78 Å². The van der Waals surface area contributed by atoms with E-state index in [1.165, 1.54) is 22.7 Å². The fourth-order valence-electron chi connectivity index (χ4n) is 4.56. The molecule has 200 valence electrons. The molecule has 0 saturated heterocycles. The molecule has 1 N–H and O–H groups in total. The molecule has 2 aliphatic heterocycles. The molecule has 1 amide bonds. The van der Waals surface area contributed by atoms with Gasteiger partial charge in [0.1, 0.15) is 45.7 Å². The molecule has 0 saturated carbocycles. The number of ketones is 1. The number of para-hydroxylation sites is 2. The topological polar surface area (TPSA) is 116 Å². The number of anilines is 1. The summed E-state index contributed by atoms with van der Waals surface area (Å²) in [6.45, 7) is 0.733. The first-order chi connectivity index (χ1) is 19.1. The number of benzene rings is 2. The van der Waals surface area contributed by atoms with Gasteiger partial charge in [-0.1, -0.05) is 47.7 Å². The molecule has 0 aliphatic carbocycles. The fraction of sp³-hybridized carbons (Fsp3) is 0.333. The standard InChI is InChI=1S/C27H25N5O4S3/c33-20(18-14-35-21-7-3-1-5-16(18)21)13-25-31-29-23(38-25)9-11-37-12-10-24-30-32-27(39-24)28-26(34)19-15-36-22-8-4-2-6-17(19)22/h1-8,18-19H,9-15H2,(H,28,32,34). The van der Waals surface area contributed by atoms with Crippen LogP contribution in [0.1, 0.15) is 38.0 Å². The Labute approximate surface area is 237 Å². The number of aryl methyl sites for hydroxylation is 2. The van der Waals surface area contributed by atoms with Crippen molar-refractivity contribution in [2.45, 2.75) is 31.1 Å². The SMILES string of the molecule is O=C(Cc1nnc(CCSCCc2nnc(NC(=O)C3COc4ccccc43)s2)s1)C1COc2ccccc21. The van der Waals surface area contributed by atoms with Crippen LogP contribution < -0.4 is 14.8 Å². The highest BCUT2D eigenvalue weighted by Crippen LogP contribution is 2.35. The largest absolute Gasteiger partial charge is 0.492 e. The second kappa shape index (κ2) is 11.8. The molecule has 0 radical (unpaired) electrons. The van der Waals surface area contributed by atoms with E-state index in [-0.39, 0.29) is 29.9 Å². The molecular weight excluding hydrogens is 555 g/mol. The smallest absolute Gasteiger partial charge is 0.237 e. The zero-order chi connectivity index (χ0) is 26.6. The van der Waals surface area contributed by atoms with E-state index in [0.717, 1.165) is 62.0 Å². The number of nitrogens with one attached hydrogen (secondary N) is 1. The quantitative estimate of drug-likeness (QED) is 0.260. The number of hydrogen-bond acceptors (Lipinski definition) is 11. The number of ether oxygens (including phenoxy) is 2. The van der Waals surface area contributed by atoms with Crippen molar-refractivity contribution in [3.8, 4) is 11.5 Å². The van der Waals surface area contributed by atoms with Crippen molar-refractivity contribution in [2.75, 3.05) is 30.0 Å². The zero-order valence-electron chi connectivity index (χ0n) is 20.9. The average molecular weight is 580 g/mol. The molecule has 2 atom stereocenters. The first-order valence-electron chi connectivity index (χ1n) is 12.6. The van der Waals surface area contributed by atoms with Crippen molar-refractivity contribution in [3.05, 3.63) is 74.7 Å². The first kappa shape index (κ1) is 25.9. The lowest BCUT2D eigenvalue weighted by atomic mass is 9.95. The Hall–Kier alpha value is -3.35. The third-order valence-electron chi connectivity index (χ3n) is 6.56. The second-order valence-corrected chi connectivity index (χ2v) is 12.6. The van der Waals surface area contributed by atoms with Gasteiger partial charge in [-0.3, -0.25) is 14.9 Å². The molecule has 0 fully saturated rings. The van der Waals surface area contributed by atoms with Crippen LogP contribution >= 0.6 is 34.4 Å². The molecule has 2 unspecified atom stereocenters. The van der Waals surface area contributed by atoms with E-state index in [4.69, 9.17) is 9.47 Å². The van der Waals surface area contributed by atoms with Crippen molar-refractivity contribution in [2.24, 2.45) is 0 Å². The van der Waals surface area contributed by atoms with Crippen molar-refractivity contribution < 1.29 is 19.1 Å². The monoisotopic (exact) mass is 579 g/mol. The molecule has 0 bridgehead atoms. The summed E-state index contributed by atoms with van der Waals surface area (Å²) < 4.78 is 11.3. The van der Waals surface area contributed by atoms with Crippen LogP contribution in [0.4, 0.5) is 5.13 Å². The van der Waals surface area contributed by atoms with E-state index in [2.05, 4.69) is 25.7 Å². The van der Waals surface area contributed by atoms with E-state index in [1.807, 2.05) is 48.5 Å². The summed E-state index contributed by atoms with van der Waals surface area (Å²) in [6.07, 6.45) is 1.85. The number of aromatic nitrogens is 4. The minimum atomic E-state index is -0.337. The zero-order valence-corrected chi connectivity index (χ0v) is 23.3. The lowest BCUT2D eigenvalue weighted by Crippen LogP contribution is -2.22. The summed E-state index contributed by atoms with van der Waals surface area (Å²) >= 11 is 4.71. The van der Waals surface area contributed by atoms with E-state index < -0.39 is 0 Å². The normalized spacial score (nSPS) is 17.2. The van der Waals surface area contributed by atoms with Crippen molar-refractivity contribution in [1.82, 2.24) is 20.4 Å². The highest BCUT2D eigenvalue weighted by atomic mass is 32.2. The fourth-order valence-corrected chi connectivity index (χ4v) is 7.29. The van der Waals surface area contributed by atoms with Crippen molar-refractivity contribution in [3.63, 3.8) is 0 Å². The third kappa shape index (κ3) is 5.97. The summed E-state index contributed by atoms with van der Waals surface area (Å²) in [7, 11) is 0. The summed E-state index contributed by atoms with van der Waals surface area (Å²) in [5, 5.41) is 22.8. The van der Waals surface area contributed by atoms with Gasteiger partial charge in [-0.2, -0.15) is 11.8 Å². The molecular formula is C27H25N5O4S3. The maximum atomic E-state index is 12.8. The average Bonchev–Trinajstić information content (AvgIpc) is 3.75. The molecule has 2 aromatic carbocycles. The van der Waals surface area contributed by atoms with E-state index >= 15 is 0 Å². The number of rotatable bonds is 11. The van der Waals surface area contributed by atoms with Gasteiger partial charge in [0.05, 0.1) is 12.3 Å². The highest BCUT2D eigenvalue weighted by Gasteiger charge is 2.31. The first-order valence-corrected chi connectivity index (χ1v) is 15.4. The van der Waals surface area contributed by atoms with Gasteiger partial charge in [-0.15, -0.1) is 31.7 Å². The molecule has 2 aromatic heterocycles. The number of amides is 1. The van der Waals surface area contributed by atoms with E-state index in [1.54, 1.807) is 11.8 Å². The van der Waals surface area contributed by atoms with Gasteiger partial charge in [0, 0.05) is 24.0 Å². The van der Waals surface area contributed by atoms with Crippen LogP contribution in [0.25, 0.3) is 0 Å². The Morgan fingerprint density at radius 1 is 0.795 bits per heavy atom. The molecule has 9 nitrogen and oxygen atoms in total. The second-order valence-electron chi connectivity index (χ2n) is 9.14. The Balaban J connectivity index is 0.909. The minimum absolute atomic E-state index is 0.117. The van der Waals surface area contributed by atoms with Crippen LogP contribution in [0, 0.1) is 0 Å². The maximum absolute atomic E-state index is 12.8. The lowest BCUT2D eigenvalue weighted by Gasteiger charge is -2.07. The predicted octanol–water partition coefficient (Wildman–Crippen LogP) is 4.31. The minimum Gasteiger partial charge on any atom is -0.492 e. The number of hydrogen-bond donors (Lipinski definition) is 1. The molecule has 4 aromatic rings. The van der Waals surface area contributed by atoms with Gasteiger partial charge >= 0.3 is 0 Å². The third-order valence-corrected chi connectivity index (χ3v) is 9.42.